The lowest BCUT2D eigenvalue weighted by Gasteiger charge is -2.14. The van der Waals surface area contributed by atoms with Crippen molar-refractivity contribution in [2.45, 2.75) is 32.7 Å². The quantitative estimate of drug-likeness (QED) is 0.878. The van der Waals surface area contributed by atoms with E-state index in [2.05, 4.69) is 21.2 Å². The molecule has 0 fully saturated rings. The fraction of sp³-hybridized carbons (Fsp3) is 0.385. The number of carbonyl (C=O) groups excluding carboxylic acids is 1. The Morgan fingerprint density at radius 2 is 2.11 bits per heavy atom. The molecule has 1 amide bonds. The zero-order chi connectivity index (χ0) is 13.7. The van der Waals surface area contributed by atoms with E-state index in [4.69, 9.17) is 5.11 Å². The van der Waals surface area contributed by atoms with Crippen LogP contribution in [0.5, 0.6) is 0 Å². The average molecular weight is 314 g/mol. The van der Waals surface area contributed by atoms with E-state index in [1.54, 1.807) is 19.1 Å². The van der Waals surface area contributed by atoms with Gasteiger partial charge in [-0.1, -0.05) is 22.0 Å². The molecule has 5 heteroatoms. The van der Waals surface area contributed by atoms with Crippen LogP contribution >= 0.6 is 15.9 Å². The molecule has 98 valence electrons. The van der Waals surface area contributed by atoms with Crippen LogP contribution in [0.25, 0.3) is 0 Å². The lowest BCUT2D eigenvalue weighted by atomic mass is 10.1. The number of halogens is 1. The molecule has 1 rings (SSSR count). The first kappa shape index (κ1) is 14.7. The van der Waals surface area contributed by atoms with Crippen molar-refractivity contribution in [3.63, 3.8) is 0 Å². The van der Waals surface area contributed by atoms with Gasteiger partial charge < -0.3 is 10.4 Å². The van der Waals surface area contributed by atoms with Crippen molar-refractivity contribution in [3.05, 3.63) is 33.8 Å². The van der Waals surface area contributed by atoms with E-state index in [1.807, 2.05) is 13.0 Å². The van der Waals surface area contributed by atoms with Crippen LogP contribution in [0.1, 0.15) is 35.7 Å². The highest BCUT2D eigenvalue weighted by Crippen LogP contribution is 2.19. The number of carbonyl (C=O) groups is 2. The first-order valence-corrected chi connectivity index (χ1v) is 6.49. The topological polar surface area (TPSA) is 66.4 Å². The Labute approximate surface area is 115 Å². The summed E-state index contributed by atoms with van der Waals surface area (Å²) in [6.45, 7) is 3.66. The maximum atomic E-state index is 12.0. The van der Waals surface area contributed by atoms with Crippen LogP contribution in [0.4, 0.5) is 0 Å². The molecule has 0 heterocycles. The Morgan fingerprint density at radius 3 is 2.72 bits per heavy atom. The Kier molecular flexibility index (Phi) is 5.34. The van der Waals surface area contributed by atoms with Crippen molar-refractivity contribution in [2.24, 2.45) is 0 Å². The molecule has 0 spiro atoms. The molecule has 0 aliphatic rings. The second-order valence-electron chi connectivity index (χ2n) is 4.22. The summed E-state index contributed by atoms with van der Waals surface area (Å²) in [6.07, 6.45) is 0.479. The third-order valence-corrected chi connectivity index (χ3v) is 3.54. The Bertz CT molecular complexity index is 460. The molecule has 4 nitrogen and oxygen atoms in total. The number of aliphatic carboxylic acids is 1. The van der Waals surface area contributed by atoms with Gasteiger partial charge in [-0.2, -0.15) is 0 Å². The van der Waals surface area contributed by atoms with E-state index >= 15 is 0 Å². The molecular formula is C13H16BrNO3. The summed E-state index contributed by atoms with van der Waals surface area (Å²) in [5, 5.41) is 11.4. The number of rotatable bonds is 5. The number of carboxylic acids is 1. The van der Waals surface area contributed by atoms with Crippen molar-refractivity contribution < 1.29 is 14.7 Å². The third-order valence-electron chi connectivity index (χ3n) is 2.68. The van der Waals surface area contributed by atoms with Gasteiger partial charge in [-0.05, 0) is 38.0 Å². The maximum Gasteiger partial charge on any atom is 0.303 e. The maximum absolute atomic E-state index is 12.0. The summed E-state index contributed by atoms with van der Waals surface area (Å²) in [5.74, 6) is -1.03. The van der Waals surface area contributed by atoms with Crippen molar-refractivity contribution in [1.29, 1.82) is 0 Å². The number of benzene rings is 1. The number of hydrogen-bond acceptors (Lipinski definition) is 2. The van der Waals surface area contributed by atoms with Crippen molar-refractivity contribution >= 4 is 27.8 Å². The number of hydrogen-bond donors (Lipinski definition) is 2. The van der Waals surface area contributed by atoms with Crippen LogP contribution in [0, 0.1) is 6.92 Å². The predicted octanol–water partition coefficient (Wildman–Crippen LogP) is 2.74. The molecule has 1 aromatic carbocycles. The fourth-order valence-electron chi connectivity index (χ4n) is 1.57. The van der Waals surface area contributed by atoms with Gasteiger partial charge in [0.25, 0.3) is 5.91 Å². The van der Waals surface area contributed by atoms with E-state index in [1.165, 1.54) is 0 Å². The summed E-state index contributed by atoms with van der Waals surface area (Å²) >= 11 is 3.37. The third kappa shape index (κ3) is 4.14. The molecule has 18 heavy (non-hydrogen) atoms. The number of nitrogens with one attached hydrogen (secondary N) is 1. The molecule has 0 aromatic heterocycles. The lowest BCUT2D eigenvalue weighted by molar-refractivity contribution is -0.137. The average Bonchev–Trinajstić information content (AvgIpc) is 2.30. The summed E-state index contributed by atoms with van der Waals surface area (Å²) in [6, 6.07) is 5.26. The molecule has 0 saturated carbocycles. The predicted molar refractivity (Wildman–Crippen MR) is 72.7 cm³/mol. The minimum Gasteiger partial charge on any atom is -0.481 e. The second-order valence-corrected chi connectivity index (χ2v) is 5.07. The highest BCUT2D eigenvalue weighted by Gasteiger charge is 2.13. The Morgan fingerprint density at radius 1 is 1.44 bits per heavy atom. The first-order valence-electron chi connectivity index (χ1n) is 5.69. The Balaban J connectivity index is 2.65. The standard InChI is InChI=1S/C13H16BrNO3/c1-8(6-7-12(16)17)15-13(18)10-4-3-5-11(14)9(10)2/h3-5,8H,6-7H2,1-2H3,(H,15,18)(H,16,17)/t8-/m1/s1. The van der Waals surface area contributed by atoms with E-state index < -0.39 is 5.97 Å². The zero-order valence-corrected chi connectivity index (χ0v) is 12.0. The summed E-state index contributed by atoms with van der Waals surface area (Å²) in [5.41, 5.74) is 1.48. The molecule has 0 aliphatic carbocycles. The van der Waals surface area contributed by atoms with Gasteiger partial charge in [0.15, 0.2) is 0 Å². The summed E-state index contributed by atoms with van der Waals surface area (Å²) in [7, 11) is 0. The monoisotopic (exact) mass is 313 g/mol. The van der Waals surface area contributed by atoms with Crippen molar-refractivity contribution in [2.75, 3.05) is 0 Å². The molecule has 0 bridgehead atoms. The van der Waals surface area contributed by atoms with Gasteiger partial charge in [-0.25, -0.2) is 0 Å². The van der Waals surface area contributed by atoms with Gasteiger partial charge in [0.2, 0.25) is 0 Å². The fourth-order valence-corrected chi connectivity index (χ4v) is 1.93. The second kappa shape index (κ2) is 6.54. The largest absolute Gasteiger partial charge is 0.481 e. The van der Waals surface area contributed by atoms with Crippen LogP contribution in [0.15, 0.2) is 22.7 Å². The molecule has 0 radical (unpaired) electrons. The lowest BCUT2D eigenvalue weighted by Crippen LogP contribution is -2.33. The van der Waals surface area contributed by atoms with Crippen LogP contribution in [0.2, 0.25) is 0 Å². The summed E-state index contributed by atoms with van der Waals surface area (Å²) < 4.78 is 0.883. The van der Waals surface area contributed by atoms with E-state index in [0.29, 0.717) is 12.0 Å². The summed E-state index contributed by atoms with van der Waals surface area (Å²) in [4.78, 5) is 22.4. The molecule has 0 aliphatic heterocycles. The van der Waals surface area contributed by atoms with Crippen molar-refractivity contribution in [1.82, 2.24) is 5.32 Å². The van der Waals surface area contributed by atoms with Gasteiger partial charge in [0, 0.05) is 22.5 Å². The highest BCUT2D eigenvalue weighted by atomic mass is 79.9. The van der Waals surface area contributed by atoms with Gasteiger partial charge >= 0.3 is 5.97 Å². The van der Waals surface area contributed by atoms with Crippen LogP contribution in [0.3, 0.4) is 0 Å². The number of carboxylic acid groups (broad SMARTS) is 1. The molecule has 1 atom stereocenters. The van der Waals surface area contributed by atoms with E-state index in [0.717, 1.165) is 10.0 Å². The smallest absolute Gasteiger partial charge is 0.303 e. The van der Waals surface area contributed by atoms with Crippen LogP contribution in [-0.4, -0.2) is 23.0 Å². The van der Waals surface area contributed by atoms with Crippen molar-refractivity contribution in [3.8, 4) is 0 Å². The Hall–Kier alpha value is -1.36. The highest BCUT2D eigenvalue weighted by molar-refractivity contribution is 9.10. The first-order chi connectivity index (χ1) is 8.41. The van der Waals surface area contributed by atoms with Gasteiger partial charge in [-0.15, -0.1) is 0 Å². The molecule has 0 saturated heterocycles. The van der Waals surface area contributed by atoms with Gasteiger partial charge in [0.05, 0.1) is 0 Å². The number of amides is 1. The molecule has 2 N–H and O–H groups in total. The molecule has 1 aromatic rings. The van der Waals surface area contributed by atoms with Crippen LogP contribution in [-0.2, 0) is 4.79 Å². The minimum atomic E-state index is -0.852. The molecule has 0 unspecified atom stereocenters. The normalized spacial score (nSPS) is 11.9. The zero-order valence-electron chi connectivity index (χ0n) is 10.4. The van der Waals surface area contributed by atoms with Gasteiger partial charge in [-0.3, -0.25) is 9.59 Å². The SMILES string of the molecule is Cc1c(Br)cccc1C(=O)N[C@H](C)CCC(=O)O. The van der Waals surface area contributed by atoms with E-state index in [-0.39, 0.29) is 18.4 Å². The minimum absolute atomic E-state index is 0.0545. The van der Waals surface area contributed by atoms with Gasteiger partial charge in [0.1, 0.15) is 0 Å². The van der Waals surface area contributed by atoms with Crippen LogP contribution < -0.4 is 5.32 Å². The van der Waals surface area contributed by atoms with E-state index in [9.17, 15) is 9.59 Å². The molecular weight excluding hydrogens is 298 g/mol.